The third kappa shape index (κ3) is 3.21. The van der Waals surface area contributed by atoms with Gasteiger partial charge in [-0.3, -0.25) is 14.6 Å². The van der Waals surface area contributed by atoms with Crippen LogP contribution >= 0.6 is 0 Å². The van der Waals surface area contributed by atoms with Crippen molar-refractivity contribution in [2.45, 2.75) is 46.6 Å². The molecular formula is C17H24N2O. The number of aromatic amines is 1. The second-order valence-corrected chi connectivity index (χ2v) is 5.74. The Kier molecular flexibility index (Phi) is 4.83. The van der Waals surface area contributed by atoms with Crippen molar-refractivity contribution < 1.29 is 0 Å². The van der Waals surface area contributed by atoms with Crippen LogP contribution in [0.4, 0.5) is 0 Å². The van der Waals surface area contributed by atoms with Gasteiger partial charge in [0.1, 0.15) is 0 Å². The molecular weight excluding hydrogens is 248 g/mol. The molecule has 0 spiro atoms. The van der Waals surface area contributed by atoms with Crippen LogP contribution in [0.25, 0.3) is 11.3 Å². The number of hydrogen-bond acceptors (Lipinski definition) is 1. The van der Waals surface area contributed by atoms with Gasteiger partial charge in [0.25, 0.3) is 5.56 Å². The monoisotopic (exact) mass is 272 g/mol. The molecule has 1 N–H and O–H groups in total. The van der Waals surface area contributed by atoms with Crippen LogP contribution in [0.2, 0.25) is 0 Å². The Hall–Kier alpha value is -1.77. The average molecular weight is 272 g/mol. The first-order valence-electron chi connectivity index (χ1n) is 7.50. The molecule has 2 rings (SSSR count). The molecule has 3 heteroatoms. The molecule has 0 saturated carbocycles. The number of unbranched alkanes of at least 4 members (excludes halogenated alkanes) is 1. The number of aryl methyl sites for hydroxylation is 1. The van der Waals surface area contributed by atoms with Crippen LogP contribution in [-0.4, -0.2) is 9.78 Å². The van der Waals surface area contributed by atoms with Crippen LogP contribution in [0.3, 0.4) is 0 Å². The highest BCUT2D eigenvalue weighted by atomic mass is 16.1. The van der Waals surface area contributed by atoms with E-state index in [9.17, 15) is 4.79 Å². The molecule has 0 aliphatic rings. The standard InChI is InChI=1S/C17H24N2O/c1-4-5-11-19-16(14-9-7-6-8-10-14)15(12-13(2)3)17(20)18-19/h6-10,13H,4-5,11-12H2,1-3H3,(H,18,20). The van der Waals surface area contributed by atoms with Gasteiger partial charge in [0.15, 0.2) is 0 Å². The van der Waals surface area contributed by atoms with Gasteiger partial charge in [-0.05, 0) is 18.8 Å². The minimum Gasteiger partial charge on any atom is -0.284 e. The van der Waals surface area contributed by atoms with Crippen LogP contribution in [0, 0.1) is 5.92 Å². The van der Waals surface area contributed by atoms with Gasteiger partial charge < -0.3 is 0 Å². The molecule has 3 nitrogen and oxygen atoms in total. The number of benzene rings is 1. The molecule has 2 aromatic rings. The number of aromatic nitrogens is 2. The van der Waals surface area contributed by atoms with Gasteiger partial charge in [-0.25, -0.2) is 0 Å². The molecule has 0 aliphatic carbocycles. The summed E-state index contributed by atoms with van der Waals surface area (Å²) < 4.78 is 2.03. The zero-order valence-corrected chi connectivity index (χ0v) is 12.6. The van der Waals surface area contributed by atoms with Crippen molar-refractivity contribution in [3.05, 3.63) is 46.2 Å². The molecule has 0 radical (unpaired) electrons. The molecule has 20 heavy (non-hydrogen) atoms. The van der Waals surface area contributed by atoms with Crippen molar-refractivity contribution >= 4 is 0 Å². The maximum atomic E-state index is 12.3. The molecule has 0 saturated heterocycles. The van der Waals surface area contributed by atoms with E-state index in [-0.39, 0.29) is 5.56 Å². The number of nitrogens with one attached hydrogen (secondary N) is 1. The van der Waals surface area contributed by atoms with Crippen LogP contribution in [0.1, 0.15) is 39.2 Å². The lowest BCUT2D eigenvalue weighted by molar-refractivity contribution is 0.572. The van der Waals surface area contributed by atoms with Crippen LogP contribution < -0.4 is 5.56 Å². The van der Waals surface area contributed by atoms with E-state index in [1.807, 2.05) is 22.9 Å². The molecule has 0 amide bonds. The van der Waals surface area contributed by atoms with Crippen molar-refractivity contribution in [3.8, 4) is 11.3 Å². The van der Waals surface area contributed by atoms with Crippen molar-refractivity contribution in [2.75, 3.05) is 0 Å². The van der Waals surface area contributed by atoms with Crippen molar-refractivity contribution in [1.29, 1.82) is 0 Å². The lowest BCUT2D eigenvalue weighted by atomic mass is 9.99. The van der Waals surface area contributed by atoms with Gasteiger partial charge >= 0.3 is 0 Å². The summed E-state index contributed by atoms with van der Waals surface area (Å²) >= 11 is 0. The Morgan fingerprint density at radius 3 is 2.50 bits per heavy atom. The van der Waals surface area contributed by atoms with Crippen LogP contribution in [0.15, 0.2) is 35.1 Å². The fraction of sp³-hybridized carbons (Fsp3) is 0.471. The van der Waals surface area contributed by atoms with Gasteiger partial charge in [0.05, 0.1) is 5.69 Å². The van der Waals surface area contributed by atoms with Crippen LogP contribution in [-0.2, 0) is 13.0 Å². The summed E-state index contributed by atoms with van der Waals surface area (Å²) in [4.78, 5) is 12.3. The first-order valence-corrected chi connectivity index (χ1v) is 7.50. The van der Waals surface area contributed by atoms with E-state index in [2.05, 4.69) is 38.0 Å². The van der Waals surface area contributed by atoms with Gasteiger partial charge in [-0.15, -0.1) is 0 Å². The fourth-order valence-corrected chi connectivity index (χ4v) is 2.52. The molecule has 0 fully saturated rings. The molecule has 1 aromatic carbocycles. The highest BCUT2D eigenvalue weighted by molar-refractivity contribution is 5.63. The Bertz CT molecular complexity index is 593. The molecule has 1 aromatic heterocycles. The minimum atomic E-state index is 0.0636. The Morgan fingerprint density at radius 2 is 1.90 bits per heavy atom. The second kappa shape index (κ2) is 6.60. The average Bonchev–Trinajstić information content (AvgIpc) is 2.73. The lowest BCUT2D eigenvalue weighted by Gasteiger charge is -2.11. The third-order valence-electron chi connectivity index (χ3n) is 3.46. The molecule has 0 atom stereocenters. The maximum Gasteiger partial charge on any atom is 0.267 e. The SMILES string of the molecule is CCCCn1[nH]c(=O)c(CC(C)C)c1-c1ccccc1. The number of rotatable bonds is 6. The quantitative estimate of drug-likeness (QED) is 0.852. The Labute approximate surface area is 120 Å². The largest absolute Gasteiger partial charge is 0.284 e. The van der Waals surface area contributed by atoms with Crippen molar-refractivity contribution in [2.24, 2.45) is 5.92 Å². The summed E-state index contributed by atoms with van der Waals surface area (Å²) in [5, 5.41) is 3.01. The number of H-pyrrole nitrogens is 1. The van der Waals surface area contributed by atoms with E-state index in [0.29, 0.717) is 5.92 Å². The molecule has 1 heterocycles. The van der Waals surface area contributed by atoms with E-state index < -0.39 is 0 Å². The molecule has 108 valence electrons. The van der Waals surface area contributed by atoms with E-state index in [0.717, 1.165) is 42.6 Å². The summed E-state index contributed by atoms with van der Waals surface area (Å²) in [7, 11) is 0. The first kappa shape index (κ1) is 14.6. The molecule has 0 bridgehead atoms. The summed E-state index contributed by atoms with van der Waals surface area (Å²) in [6.07, 6.45) is 3.01. The smallest absolute Gasteiger partial charge is 0.267 e. The Morgan fingerprint density at radius 1 is 1.20 bits per heavy atom. The van der Waals surface area contributed by atoms with Gasteiger partial charge in [0.2, 0.25) is 0 Å². The lowest BCUT2D eigenvalue weighted by Crippen LogP contribution is -2.09. The maximum absolute atomic E-state index is 12.3. The number of nitrogens with zero attached hydrogens (tertiary/aromatic N) is 1. The topological polar surface area (TPSA) is 37.8 Å². The van der Waals surface area contributed by atoms with Crippen LogP contribution in [0.5, 0.6) is 0 Å². The molecule has 0 aliphatic heterocycles. The van der Waals surface area contributed by atoms with Crippen molar-refractivity contribution in [1.82, 2.24) is 9.78 Å². The summed E-state index contributed by atoms with van der Waals surface area (Å²) in [6.45, 7) is 7.34. The highest BCUT2D eigenvalue weighted by Crippen LogP contribution is 2.23. The van der Waals surface area contributed by atoms with Gasteiger partial charge in [-0.2, -0.15) is 0 Å². The highest BCUT2D eigenvalue weighted by Gasteiger charge is 2.17. The van der Waals surface area contributed by atoms with E-state index in [4.69, 9.17) is 0 Å². The summed E-state index contributed by atoms with van der Waals surface area (Å²) in [5.41, 5.74) is 3.17. The van der Waals surface area contributed by atoms with Gasteiger partial charge in [0, 0.05) is 17.7 Å². The van der Waals surface area contributed by atoms with Crippen molar-refractivity contribution in [3.63, 3.8) is 0 Å². The molecule has 0 unspecified atom stereocenters. The van der Waals surface area contributed by atoms with Gasteiger partial charge in [-0.1, -0.05) is 57.5 Å². The fourth-order valence-electron chi connectivity index (χ4n) is 2.52. The zero-order valence-electron chi connectivity index (χ0n) is 12.6. The number of hydrogen-bond donors (Lipinski definition) is 1. The predicted octanol–water partition coefficient (Wildman–Crippen LogP) is 3.84. The summed E-state index contributed by atoms with van der Waals surface area (Å²) in [5.74, 6) is 0.473. The third-order valence-corrected chi connectivity index (χ3v) is 3.46. The zero-order chi connectivity index (χ0) is 14.5. The summed E-state index contributed by atoms with van der Waals surface area (Å²) in [6, 6.07) is 10.2. The van der Waals surface area contributed by atoms with E-state index in [1.54, 1.807) is 0 Å². The predicted molar refractivity (Wildman–Crippen MR) is 83.9 cm³/mol. The van der Waals surface area contributed by atoms with E-state index >= 15 is 0 Å². The normalized spacial score (nSPS) is 11.2. The first-order chi connectivity index (χ1) is 9.63. The second-order valence-electron chi connectivity index (χ2n) is 5.74. The Balaban J connectivity index is 2.51. The van der Waals surface area contributed by atoms with E-state index in [1.165, 1.54) is 0 Å². The minimum absolute atomic E-state index is 0.0636.